The molecular formula is C11H9ClIN. The quantitative estimate of drug-likeness (QED) is 0.666. The van der Waals surface area contributed by atoms with E-state index >= 15 is 0 Å². The van der Waals surface area contributed by atoms with Gasteiger partial charge in [-0.15, -0.1) is 0 Å². The molecule has 0 bridgehead atoms. The summed E-state index contributed by atoms with van der Waals surface area (Å²) in [6.45, 7) is 4.16. The Bertz CT molecular complexity index is 461. The molecular weight excluding hydrogens is 308 g/mol. The second-order valence-corrected chi connectivity index (χ2v) is 4.86. The summed E-state index contributed by atoms with van der Waals surface area (Å²) in [6.07, 6.45) is 1.82. The molecule has 1 aromatic heterocycles. The van der Waals surface area contributed by atoms with Crippen molar-refractivity contribution in [3.63, 3.8) is 0 Å². The SMILES string of the molecule is Cc1ccc2c(Cl)c(I)cnc2c1C. The summed E-state index contributed by atoms with van der Waals surface area (Å²) in [5, 5.41) is 1.85. The van der Waals surface area contributed by atoms with Crippen molar-refractivity contribution >= 4 is 45.1 Å². The van der Waals surface area contributed by atoms with E-state index in [4.69, 9.17) is 11.6 Å². The van der Waals surface area contributed by atoms with Crippen molar-refractivity contribution in [2.24, 2.45) is 0 Å². The third-order valence-corrected chi connectivity index (χ3v) is 4.00. The normalized spacial score (nSPS) is 10.9. The van der Waals surface area contributed by atoms with Gasteiger partial charge in [-0.3, -0.25) is 4.98 Å². The summed E-state index contributed by atoms with van der Waals surface area (Å²) in [6, 6.07) is 4.12. The van der Waals surface area contributed by atoms with Gasteiger partial charge >= 0.3 is 0 Å². The molecule has 0 saturated carbocycles. The summed E-state index contributed by atoms with van der Waals surface area (Å²) in [4.78, 5) is 4.41. The number of nitrogens with zero attached hydrogens (tertiary/aromatic N) is 1. The lowest BCUT2D eigenvalue weighted by molar-refractivity contribution is 1.30. The Morgan fingerprint density at radius 1 is 1.29 bits per heavy atom. The average molecular weight is 318 g/mol. The first kappa shape index (κ1) is 10.2. The highest BCUT2D eigenvalue weighted by Crippen LogP contribution is 2.29. The van der Waals surface area contributed by atoms with Gasteiger partial charge in [0.15, 0.2) is 0 Å². The molecule has 0 aliphatic carbocycles. The number of pyridine rings is 1. The Labute approximate surface area is 102 Å². The molecule has 0 fully saturated rings. The van der Waals surface area contributed by atoms with Crippen molar-refractivity contribution in [2.75, 3.05) is 0 Å². The zero-order valence-corrected chi connectivity index (χ0v) is 10.8. The Morgan fingerprint density at radius 2 is 2.00 bits per heavy atom. The molecule has 0 saturated heterocycles. The standard InChI is InChI=1S/C11H9ClIN/c1-6-3-4-8-10(12)9(13)5-14-11(8)7(6)2/h3-5H,1-2H3. The van der Waals surface area contributed by atoms with Gasteiger partial charge in [-0.05, 0) is 47.6 Å². The summed E-state index contributed by atoms with van der Waals surface area (Å²) >= 11 is 8.40. The average Bonchev–Trinajstić information content (AvgIpc) is 2.17. The lowest BCUT2D eigenvalue weighted by atomic mass is 10.1. The maximum absolute atomic E-state index is 6.20. The summed E-state index contributed by atoms with van der Waals surface area (Å²) in [5.74, 6) is 0. The van der Waals surface area contributed by atoms with Crippen LogP contribution in [0.2, 0.25) is 5.02 Å². The van der Waals surface area contributed by atoms with Crippen molar-refractivity contribution in [1.29, 1.82) is 0 Å². The van der Waals surface area contributed by atoms with Gasteiger partial charge in [-0.2, -0.15) is 0 Å². The zero-order chi connectivity index (χ0) is 10.3. The fourth-order valence-corrected chi connectivity index (χ4v) is 2.08. The molecule has 0 radical (unpaired) electrons. The molecule has 0 N–H and O–H groups in total. The van der Waals surface area contributed by atoms with E-state index in [1.54, 1.807) is 0 Å². The van der Waals surface area contributed by atoms with Crippen LogP contribution in [-0.4, -0.2) is 4.98 Å². The van der Waals surface area contributed by atoms with E-state index in [1.807, 2.05) is 12.3 Å². The van der Waals surface area contributed by atoms with Crippen LogP contribution in [0.1, 0.15) is 11.1 Å². The molecule has 1 heterocycles. The molecule has 1 aromatic carbocycles. The number of rotatable bonds is 0. The minimum Gasteiger partial charge on any atom is -0.255 e. The summed E-state index contributed by atoms with van der Waals surface area (Å²) in [5.41, 5.74) is 3.47. The molecule has 14 heavy (non-hydrogen) atoms. The summed E-state index contributed by atoms with van der Waals surface area (Å²) < 4.78 is 1.00. The highest BCUT2D eigenvalue weighted by Gasteiger charge is 2.07. The predicted molar refractivity (Wildman–Crippen MR) is 68.9 cm³/mol. The van der Waals surface area contributed by atoms with Crippen molar-refractivity contribution in [1.82, 2.24) is 4.98 Å². The van der Waals surface area contributed by atoms with Crippen LogP contribution in [-0.2, 0) is 0 Å². The molecule has 0 aliphatic heterocycles. The molecule has 3 heteroatoms. The third kappa shape index (κ3) is 1.50. The molecule has 1 nitrogen and oxygen atoms in total. The molecule has 0 atom stereocenters. The van der Waals surface area contributed by atoms with Crippen LogP contribution in [0.5, 0.6) is 0 Å². The van der Waals surface area contributed by atoms with Crippen LogP contribution < -0.4 is 0 Å². The predicted octanol–water partition coefficient (Wildman–Crippen LogP) is 4.11. The molecule has 0 amide bonds. The van der Waals surface area contributed by atoms with E-state index in [1.165, 1.54) is 11.1 Å². The molecule has 72 valence electrons. The number of benzene rings is 1. The van der Waals surface area contributed by atoms with Gasteiger partial charge in [-0.25, -0.2) is 0 Å². The van der Waals surface area contributed by atoms with Crippen LogP contribution >= 0.6 is 34.2 Å². The van der Waals surface area contributed by atoms with Gasteiger partial charge in [0.2, 0.25) is 0 Å². The zero-order valence-electron chi connectivity index (χ0n) is 7.94. The van der Waals surface area contributed by atoms with E-state index in [9.17, 15) is 0 Å². The second kappa shape index (κ2) is 3.66. The number of halogens is 2. The Hall–Kier alpha value is -0.350. The number of aromatic nitrogens is 1. The maximum atomic E-state index is 6.20. The van der Waals surface area contributed by atoms with E-state index < -0.39 is 0 Å². The van der Waals surface area contributed by atoms with Crippen molar-refractivity contribution in [2.45, 2.75) is 13.8 Å². The first-order valence-electron chi connectivity index (χ1n) is 4.31. The first-order valence-corrected chi connectivity index (χ1v) is 5.77. The number of hydrogen-bond donors (Lipinski definition) is 0. The topological polar surface area (TPSA) is 12.9 Å². The lowest BCUT2D eigenvalue weighted by Crippen LogP contribution is -1.89. The van der Waals surface area contributed by atoms with Crippen LogP contribution in [0.4, 0.5) is 0 Å². The highest BCUT2D eigenvalue weighted by atomic mass is 127. The van der Waals surface area contributed by atoms with Crippen molar-refractivity contribution < 1.29 is 0 Å². The van der Waals surface area contributed by atoms with Crippen molar-refractivity contribution in [3.8, 4) is 0 Å². The third-order valence-electron chi connectivity index (χ3n) is 2.45. The van der Waals surface area contributed by atoms with Gasteiger partial charge < -0.3 is 0 Å². The van der Waals surface area contributed by atoms with Gasteiger partial charge in [0.1, 0.15) is 0 Å². The van der Waals surface area contributed by atoms with Crippen LogP contribution in [0.3, 0.4) is 0 Å². The minimum atomic E-state index is 0.804. The van der Waals surface area contributed by atoms with E-state index in [2.05, 4.69) is 47.5 Å². The van der Waals surface area contributed by atoms with Crippen LogP contribution in [0.25, 0.3) is 10.9 Å². The Morgan fingerprint density at radius 3 is 2.71 bits per heavy atom. The minimum absolute atomic E-state index is 0.804. The van der Waals surface area contributed by atoms with E-state index in [0.717, 1.165) is 19.5 Å². The van der Waals surface area contributed by atoms with E-state index in [-0.39, 0.29) is 0 Å². The van der Waals surface area contributed by atoms with Gasteiger partial charge in [-0.1, -0.05) is 23.7 Å². The van der Waals surface area contributed by atoms with E-state index in [0.29, 0.717) is 0 Å². The largest absolute Gasteiger partial charge is 0.255 e. The smallest absolute Gasteiger partial charge is 0.0749 e. The van der Waals surface area contributed by atoms with Crippen LogP contribution in [0.15, 0.2) is 18.3 Å². The lowest BCUT2D eigenvalue weighted by Gasteiger charge is -2.06. The molecule has 0 spiro atoms. The number of aryl methyl sites for hydroxylation is 2. The maximum Gasteiger partial charge on any atom is 0.0749 e. The molecule has 2 aromatic rings. The number of fused-ring (bicyclic) bond motifs is 1. The summed E-state index contributed by atoms with van der Waals surface area (Å²) in [7, 11) is 0. The molecule has 2 rings (SSSR count). The van der Waals surface area contributed by atoms with Crippen LogP contribution in [0, 0.1) is 17.4 Å². The fraction of sp³-hybridized carbons (Fsp3) is 0.182. The Kier molecular flexibility index (Phi) is 2.66. The molecule has 0 aliphatic rings. The van der Waals surface area contributed by atoms with Crippen molar-refractivity contribution in [3.05, 3.63) is 38.0 Å². The van der Waals surface area contributed by atoms with Gasteiger partial charge in [0, 0.05) is 11.6 Å². The second-order valence-electron chi connectivity index (χ2n) is 3.32. The van der Waals surface area contributed by atoms with Gasteiger partial charge in [0.05, 0.1) is 14.1 Å². The number of hydrogen-bond acceptors (Lipinski definition) is 1. The van der Waals surface area contributed by atoms with Gasteiger partial charge in [0.25, 0.3) is 0 Å². The fourth-order valence-electron chi connectivity index (χ4n) is 1.45. The first-order chi connectivity index (χ1) is 6.61. The molecule has 0 unspecified atom stereocenters. The highest BCUT2D eigenvalue weighted by molar-refractivity contribution is 14.1. The monoisotopic (exact) mass is 317 g/mol. The Balaban J connectivity index is 2.94.